The van der Waals surface area contributed by atoms with Gasteiger partial charge in [-0.1, -0.05) is 0 Å². The van der Waals surface area contributed by atoms with Gasteiger partial charge in [0.1, 0.15) is 11.5 Å². The molecule has 0 radical (unpaired) electrons. The smallest absolute Gasteiger partial charge is 0.229 e. The molecule has 0 bridgehead atoms. The zero-order valence-corrected chi connectivity index (χ0v) is 14.5. The predicted molar refractivity (Wildman–Crippen MR) is 99.8 cm³/mol. The lowest BCUT2D eigenvalue weighted by atomic mass is 10.1. The third-order valence-electron chi connectivity index (χ3n) is 4.55. The normalized spacial score (nSPS) is 14.2. The van der Waals surface area contributed by atoms with E-state index in [2.05, 4.69) is 21.3 Å². The largest absolute Gasteiger partial charge is 0.343 e. The van der Waals surface area contributed by atoms with Crippen LogP contribution in [-0.2, 0) is 0 Å². The molecule has 128 valence electrons. The molecular formula is C19H21N5O. The van der Waals surface area contributed by atoms with Gasteiger partial charge in [-0.3, -0.25) is 4.79 Å². The Balaban J connectivity index is 1.72. The van der Waals surface area contributed by atoms with Gasteiger partial charge in [0.25, 0.3) is 0 Å². The minimum Gasteiger partial charge on any atom is -0.343 e. The molecule has 0 amide bonds. The SMILES string of the molecule is CC(=O)c1ccc(Nc2nc(N3CCCC3)nc3[nH]c(C)cc23)cc1. The van der Waals surface area contributed by atoms with Crippen LogP contribution >= 0.6 is 0 Å². The van der Waals surface area contributed by atoms with E-state index in [1.165, 1.54) is 12.8 Å². The molecule has 4 rings (SSSR count). The first-order chi connectivity index (χ1) is 12.1. The highest BCUT2D eigenvalue weighted by Crippen LogP contribution is 2.28. The summed E-state index contributed by atoms with van der Waals surface area (Å²) in [4.78, 5) is 26.4. The first-order valence-corrected chi connectivity index (χ1v) is 8.60. The zero-order chi connectivity index (χ0) is 17.4. The van der Waals surface area contributed by atoms with Crippen molar-refractivity contribution in [1.82, 2.24) is 15.0 Å². The number of nitrogens with one attached hydrogen (secondary N) is 2. The fraction of sp³-hybridized carbons (Fsp3) is 0.316. The number of anilines is 3. The molecule has 2 N–H and O–H groups in total. The maximum Gasteiger partial charge on any atom is 0.229 e. The number of hydrogen-bond acceptors (Lipinski definition) is 5. The number of hydrogen-bond donors (Lipinski definition) is 2. The van der Waals surface area contributed by atoms with Gasteiger partial charge >= 0.3 is 0 Å². The van der Waals surface area contributed by atoms with E-state index in [0.717, 1.165) is 47.3 Å². The maximum atomic E-state index is 11.4. The van der Waals surface area contributed by atoms with Gasteiger partial charge in [0.15, 0.2) is 5.78 Å². The highest BCUT2D eigenvalue weighted by Gasteiger charge is 2.18. The lowest BCUT2D eigenvalue weighted by Gasteiger charge is -2.16. The Morgan fingerprint density at radius 2 is 1.88 bits per heavy atom. The van der Waals surface area contributed by atoms with Gasteiger partial charge in [0, 0.05) is 30.0 Å². The van der Waals surface area contributed by atoms with Crippen molar-refractivity contribution in [2.24, 2.45) is 0 Å². The molecule has 1 fully saturated rings. The average Bonchev–Trinajstić information content (AvgIpc) is 3.24. The molecule has 1 saturated heterocycles. The third kappa shape index (κ3) is 3.07. The second-order valence-corrected chi connectivity index (χ2v) is 6.54. The van der Waals surface area contributed by atoms with Crippen LogP contribution in [-0.4, -0.2) is 33.8 Å². The Morgan fingerprint density at radius 1 is 1.16 bits per heavy atom. The fourth-order valence-electron chi connectivity index (χ4n) is 3.21. The highest BCUT2D eigenvalue weighted by molar-refractivity contribution is 5.95. The summed E-state index contributed by atoms with van der Waals surface area (Å²) < 4.78 is 0. The van der Waals surface area contributed by atoms with Crippen LogP contribution in [0.4, 0.5) is 17.5 Å². The molecule has 0 unspecified atom stereocenters. The van der Waals surface area contributed by atoms with Crippen molar-refractivity contribution in [1.29, 1.82) is 0 Å². The number of rotatable bonds is 4. The van der Waals surface area contributed by atoms with Crippen LogP contribution in [0.2, 0.25) is 0 Å². The van der Waals surface area contributed by atoms with Crippen molar-refractivity contribution >= 4 is 34.3 Å². The summed E-state index contributed by atoms with van der Waals surface area (Å²) in [6.07, 6.45) is 2.36. The molecule has 6 heteroatoms. The molecule has 1 aliphatic heterocycles. The van der Waals surface area contributed by atoms with Gasteiger partial charge < -0.3 is 15.2 Å². The number of aryl methyl sites for hydroxylation is 1. The van der Waals surface area contributed by atoms with Crippen LogP contribution < -0.4 is 10.2 Å². The fourth-order valence-corrected chi connectivity index (χ4v) is 3.21. The van der Waals surface area contributed by atoms with Crippen LogP contribution in [0.5, 0.6) is 0 Å². The first kappa shape index (κ1) is 15.6. The lowest BCUT2D eigenvalue weighted by Crippen LogP contribution is -2.20. The number of carbonyl (C=O) groups excluding carboxylic acids is 1. The van der Waals surface area contributed by atoms with Crippen molar-refractivity contribution in [3.05, 3.63) is 41.6 Å². The van der Waals surface area contributed by atoms with E-state index in [0.29, 0.717) is 5.56 Å². The summed E-state index contributed by atoms with van der Waals surface area (Å²) in [5, 5.41) is 4.35. The maximum absolute atomic E-state index is 11.4. The number of aromatic amines is 1. The third-order valence-corrected chi connectivity index (χ3v) is 4.55. The van der Waals surface area contributed by atoms with Gasteiger partial charge in [-0.05, 0) is 57.0 Å². The van der Waals surface area contributed by atoms with Gasteiger partial charge in [-0.2, -0.15) is 9.97 Å². The Labute approximate surface area is 146 Å². The van der Waals surface area contributed by atoms with Crippen molar-refractivity contribution in [3.8, 4) is 0 Å². The van der Waals surface area contributed by atoms with E-state index in [4.69, 9.17) is 9.97 Å². The van der Waals surface area contributed by atoms with Crippen molar-refractivity contribution in [2.75, 3.05) is 23.3 Å². The number of nitrogens with zero attached hydrogens (tertiary/aromatic N) is 3. The minimum absolute atomic E-state index is 0.0635. The monoisotopic (exact) mass is 335 g/mol. The van der Waals surface area contributed by atoms with E-state index in [1.807, 2.05) is 31.2 Å². The molecule has 0 saturated carbocycles. The molecule has 0 atom stereocenters. The average molecular weight is 335 g/mol. The van der Waals surface area contributed by atoms with E-state index >= 15 is 0 Å². The summed E-state index contributed by atoms with van der Waals surface area (Å²) in [7, 11) is 0. The lowest BCUT2D eigenvalue weighted by molar-refractivity contribution is 0.101. The molecule has 1 aromatic carbocycles. The van der Waals surface area contributed by atoms with E-state index in [1.54, 1.807) is 6.92 Å². The summed E-state index contributed by atoms with van der Waals surface area (Å²) in [6.45, 7) is 5.58. The Kier molecular flexibility index (Phi) is 3.87. The second-order valence-electron chi connectivity index (χ2n) is 6.54. The Hall–Kier alpha value is -2.89. The summed E-state index contributed by atoms with van der Waals surface area (Å²) in [6, 6.07) is 9.51. The molecule has 25 heavy (non-hydrogen) atoms. The van der Waals surface area contributed by atoms with Gasteiger partial charge in [-0.15, -0.1) is 0 Å². The second kappa shape index (κ2) is 6.20. The summed E-state index contributed by atoms with van der Waals surface area (Å²) >= 11 is 0. The van der Waals surface area contributed by atoms with Crippen LogP contribution in [0.3, 0.4) is 0 Å². The molecule has 0 aliphatic carbocycles. The molecule has 1 aliphatic rings. The van der Waals surface area contributed by atoms with Gasteiger partial charge in [0.05, 0.1) is 5.39 Å². The number of fused-ring (bicyclic) bond motifs is 1. The van der Waals surface area contributed by atoms with E-state index in [9.17, 15) is 4.79 Å². The number of aromatic nitrogens is 3. The number of Topliss-reactive ketones (excluding diaryl/α,β-unsaturated/α-hetero) is 1. The van der Waals surface area contributed by atoms with Crippen molar-refractivity contribution in [3.63, 3.8) is 0 Å². The number of carbonyl (C=O) groups is 1. The van der Waals surface area contributed by atoms with Gasteiger partial charge in [-0.25, -0.2) is 0 Å². The van der Waals surface area contributed by atoms with Crippen LogP contribution in [0.1, 0.15) is 35.8 Å². The van der Waals surface area contributed by atoms with Crippen molar-refractivity contribution in [2.45, 2.75) is 26.7 Å². The molecule has 2 aromatic heterocycles. The van der Waals surface area contributed by atoms with E-state index < -0.39 is 0 Å². The van der Waals surface area contributed by atoms with Crippen LogP contribution in [0, 0.1) is 6.92 Å². The summed E-state index contributed by atoms with van der Waals surface area (Å²) in [5.74, 6) is 1.61. The predicted octanol–water partition coefficient (Wildman–Crippen LogP) is 3.81. The molecule has 6 nitrogen and oxygen atoms in total. The highest BCUT2D eigenvalue weighted by atomic mass is 16.1. The molecular weight excluding hydrogens is 314 g/mol. The Bertz CT molecular complexity index is 923. The quantitative estimate of drug-likeness (QED) is 0.709. The van der Waals surface area contributed by atoms with E-state index in [-0.39, 0.29) is 5.78 Å². The number of ketones is 1. The molecule has 0 spiro atoms. The van der Waals surface area contributed by atoms with Crippen LogP contribution in [0.25, 0.3) is 11.0 Å². The first-order valence-electron chi connectivity index (χ1n) is 8.60. The summed E-state index contributed by atoms with van der Waals surface area (Å²) in [5.41, 5.74) is 3.50. The van der Waals surface area contributed by atoms with Gasteiger partial charge in [0.2, 0.25) is 5.95 Å². The molecule has 3 heterocycles. The zero-order valence-electron chi connectivity index (χ0n) is 14.5. The number of benzene rings is 1. The van der Waals surface area contributed by atoms with Crippen molar-refractivity contribution < 1.29 is 4.79 Å². The minimum atomic E-state index is 0.0635. The topological polar surface area (TPSA) is 73.9 Å². The van der Waals surface area contributed by atoms with Crippen LogP contribution in [0.15, 0.2) is 30.3 Å². The number of H-pyrrole nitrogens is 1. The molecule has 3 aromatic rings. The Morgan fingerprint density at radius 3 is 2.56 bits per heavy atom. The standard InChI is InChI=1S/C19H21N5O/c1-12-11-16-17(20-12)22-19(24-9-3-4-10-24)23-18(16)21-15-7-5-14(6-8-15)13(2)25/h5-8,11H,3-4,9-10H2,1-2H3,(H2,20,21,22,23).